The summed E-state index contributed by atoms with van der Waals surface area (Å²) in [7, 11) is -3.49. The maximum absolute atomic E-state index is 12.9. The van der Waals surface area contributed by atoms with E-state index in [9.17, 15) is 13.2 Å². The summed E-state index contributed by atoms with van der Waals surface area (Å²) in [4.78, 5) is 15.1. The molecule has 1 heterocycles. The topological polar surface area (TPSA) is 66.5 Å². The van der Waals surface area contributed by atoms with Crippen molar-refractivity contribution in [3.63, 3.8) is 0 Å². The molecule has 1 fully saturated rings. The number of hydrogen-bond acceptors (Lipinski definition) is 3. The minimum Gasteiger partial charge on any atom is -0.309 e. The van der Waals surface area contributed by atoms with E-state index in [1.807, 2.05) is 35.2 Å². The molecule has 0 spiro atoms. The molecule has 1 saturated carbocycles. The summed E-state index contributed by atoms with van der Waals surface area (Å²) in [5, 5.41) is 0. The van der Waals surface area contributed by atoms with Crippen molar-refractivity contribution in [3.05, 3.63) is 59.7 Å². The normalized spacial score (nSPS) is 19.6. The van der Waals surface area contributed by atoms with Crippen LogP contribution in [0.25, 0.3) is 0 Å². The van der Waals surface area contributed by atoms with Crippen molar-refractivity contribution in [2.75, 3.05) is 4.90 Å². The second-order valence-corrected chi connectivity index (χ2v) is 10.3. The molecule has 4 rings (SSSR count). The Hall–Kier alpha value is -2.18. The van der Waals surface area contributed by atoms with Crippen molar-refractivity contribution < 1.29 is 13.2 Å². The lowest BCUT2D eigenvalue weighted by Crippen LogP contribution is -2.36. The van der Waals surface area contributed by atoms with Gasteiger partial charge in [-0.3, -0.25) is 4.79 Å². The zero-order chi connectivity index (χ0) is 21.1. The number of nitrogens with one attached hydrogen (secondary N) is 1. The van der Waals surface area contributed by atoms with E-state index < -0.39 is 10.0 Å². The number of carbonyl (C=O) groups is 1. The summed E-state index contributed by atoms with van der Waals surface area (Å²) in [6, 6.07) is 15.2. The third-order valence-electron chi connectivity index (χ3n) is 6.26. The number of para-hydroxylation sites is 1. The smallest absolute Gasteiger partial charge is 0.240 e. The first-order valence-corrected chi connectivity index (χ1v) is 12.4. The van der Waals surface area contributed by atoms with Crippen LogP contribution in [0.5, 0.6) is 0 Å². The number of carbonyl (C=O) groups excluding carboxylic acids is 1. The van der Waals surface area contributed by atoms with Crippen LogP contribution in [0, 0.1) is 0 Å². The summed E-state index contributed by atoms with van der Waals surface area (Å²) in [5.41, 5.74) is 3.21. The molecule has 2 aromatic carbocycles. The fourth-order valence-electron chi connectivity index (χ4n) is 4.66. The van der Waals surface area contributed by atoms with Gasteiger partial charge in [0.2, 0.25) is 15.9 Å². The minimum absolute atomic E-state index is 0.0476. The molecular weight excluding hydrogens is 396 g/mol. The molecular formula is C24H30N2O3S. The lowest BCUT2D eigenvalue weighted by Gasteiger charge is -2.23. The summed E-state index contributed by atoms with van der Waals surface area (Å²) < 4.78 is 28.1. The standard InChI is InChI=1S/C24H30N2O3S/c1-18-17-20-7-5-6-10-23(20)26(18)24(27)16-13-19-11-14-22(15-12-19)30(28,29)25-21-8-3-2-4-9-21/h5-7,10-12,14-15,18,21,25H,2-4,8-9,13,16-17H2,1H3/t18-/m0/s1. The van der Waals surface area contributed by atoms with Gasteiger partial charge in [-0.2, -0.15) is 0 Å². The van der Waals surface area contributed by atoms with E-state index in [2.05, 4.69) is 17.7 Å². The second kappa shape index (κ2) is 8.90. The van der Waals surface area contributed by atoms with Crippen LogP contribution in [0.2, 0.25) is 0 Å². The Morgan fingerprint density at radius 3 is 2.47 bits per heavy atom. The average molecular weight is 427 g/mol. The van der Waals surface area contributed by atoms with E-state index in [0.29, 0.717) is 17.7 Å². The first-order valence-electron chi connectivity index (χ1n) is 11.0. The Morgan fingerprint density at radius 2 is 1.73 bits per heavy atom. The molecule has 0 aromatic heterocycles. The molecule has 5 nitrogen and oxygen atoms in total. The third-order valence-corrected chi connectivity index (χ3v) is 7.80. The number of hydrogen-bond donors (Lipinski definition) is 1. The van der Waals surface area contributed by atoms with Crippen molar-refractivity contribution in [1.29, 1.82) is 0 Å². The first-order chi connectivity index (χ1) is 14.4. The fraction of sp³-hybridized carbons (Fsp3) is 0.458. The van der Waals surface area contributed by atoms with E-state index in [1.165, 1.54) is 12.0 Å². The Labute approximate surface area is 179 Å². The molecule has 6 heteroatoms. The third kappa shape index (κ3) is 4.60. The molecule has 2 aromatic rings. The second-order valence-electron chi connectivity index (χ2n) is 8.55. The van der Waals surface area contributed by atoms with Crippen molar-refractivity contribution >= 4 is 21.6 Å². The van der Waals surface area contributed by atoms with E-state index in [1.54, 1.807) is 12.1 Å². The van der Waals surface area contributed by atoms with Crippen molar-refractivity contribution in [2.24, 2.45) is 0 Å². The SMILES string of the molecule is C[C@H]1Cc2ccccc2N1C(=O)CCc1ccc(S(=O)(=O)NC2CCCCC2)cc1. The molecule has 0 bridgehead atoms. The van der Waals surface area contributed by atoms with Gasteiger partial charge in [-0.25, -0.2) is 13.1 Å². The van der Waals surface area contributed by atoms with E-state index >= 15 is 0 Å². The van der Waals surface area contributed by atoms with E-state index in [0.717, 1.165) is 43.4 Å². The van der Waals surface area contributed by atoms with Crippen LogP contribution in [0.4, 0.5) is 5.69 Å². The predicted octanol–water partition coefficient (Wildman–Crippen LogP) is 4.21. The number of fused-ring (bicyclic) bond motifs is 1. The van der Waals surface area contributed by atoms with Crippen LogP contribution < -0.4 is 9.62 Å². The van der Waals surface area contributed by atoms with Gasteiger partial charge in [0, 0.05) is 24.2 Å². The van der Waals surface area contributed by atoms with Crippen molar-refractivity contribution in [3.8, 4) is 0 Å². The van der Waals surface area contributed by atoms with E-state index in [-0.39, 0.29) is 18.0 Å². The van der Waals surface area contributed by atoms with Gasteiger partial charge in [0.15, 0.2) is 0 Å². The number of benzene rings is 2. The number of rotatable bonds is 6. The van der Waals surface area contributed by atoms with Gasteiger partial charge >= 0.3 is 0 Å². The van der Waals surface area contributed by atoms with Crippen molar-refractivity contribution in [1.82, 2.24) is 4.72 Å². The van der Waals surface area contributed by atoms with Crippen LogP contribution in [0.3, 0.4) is 0 Å². The maximum atomic E-state index is 12.9. The summed E-state index contributed by atoms with van der Waals surface area (Å²) in [6.45, 7) is 2.08. The molecule has 1 atom stereocenters. The van der Waals surface area contributed by atoms with Gasteiger partial charge in [-0.05, 0) is 61.9 Å². The quantitative estimate of drug-likeness (QED) is 0.752. The maximum Gasteiger partial charge on any atom is 0.240 e. The molecule has 30 heavy (non-hydrogen) atoms. The number of nitrogens with zero attached hydrogens (tertiary/aromatic N) is 1. The molecule has 2 aliphatic rings. The molecule has 0 unspecified atom stereocenters. The Morgan fingerprint density at radius 1 is 1.03 bits per heavy atom. The highest BCUT2D eigenvalue weighted by atomic mass is 32.2. The van der Waals surface area contributed by atoms with Gasteiger partial charge in [-0.1, -0.05) is 49.6 Å². The van der Waals surface area contributed by atoms with Gasteiger partial charge in [-0.15, -0.1) is 0 Å². The van der Waals surface area contributed by atoms with Gasteiger partial charge in [0.1, 0.15) is 0 Å². The summed E-state index contributed by atoms with van der Waals surface area (Å²) in [6.07, 6.45) is 7.08. The fourth-order valence-corrected chi connectivity index (χ4v) is 5.97. The number of amides is 1. The Balaban J connectivity index is 1.36. The Kier molecular flexibility index (Phi) is 6.25. The highest BCUT2D eigenvalue weighted by Gasteiger charge is 2.30. The molecule has 1 amide bonds. The van der Waals surface area contributed by atoms with Gasteiger partial charge in [0.25, 0.3) is 0 Å². The average Bonchev–Trinajstić information content (AvgIpc) is 3.08. The highest BCUT2D eigenvalue weighted by Crippen LogP contribution is 2.32. The lowest BCUT2D eigenvalue weighted by molar-refractivity contribution is -0.118. The van der Waals surface area contributed by atoms with Crippen LogP contribution in [0.15, 0.2) is 53.4 Å². The summed E-state index contributed by atoms with van der Waals surface area (Å²) in [5.74, 6) is 0.114. The van der Waals surface area contributed by atoms with Crippen LogP contribution in [-0.4, -0.2) is 26.4 Å². The Bertz CT molecular complexity index is 995. The molecule has 0 radical (unpaired) electrons. The van der Waals surface area contributed by atoms with E-state index in [4.69, 9.17) is 0 Å². The van der Waals surface area contributed by atoms with Gasteiger partial charge in [0.05, 0.1) is 4.90 Å². The number of aryl methyl sites for hydroxylation is 1. The zero-order valence-electron chi connectivity index (χ0n) is 17.5. The lowest BCUT2D eigenvalue weighted by atomic mass is 9.96. The monoisotopic (exact) mass is 426 g/mol. The van der Waals surface area contributed by atoms with Crippen LogP contribution in [0.1, 0.15) is 56.6 Å². The highest BCUT2D eigenvalue weighted by molar-refractivity contribution is 7.89. The number of anilines is 1. The largest absolute Gasteiger partial charge is 0.309 e. The zero-order valence-corrected chi connectivity index (χ0v) is 18.3. The first kappa shape index (κ1) is 21.1. The molecule has 0 saturated heterocycles. The van der Waals surface area contributed by atoms with Crippen LogP contribution in [-0.2, 0) is 27.7 Å². The summed E-state index contributed by atoms with van der Waals surface area (Å²) >= 11 is 0. The van der Waals surface area contributed by atoms with Gasteiger partial charge < -0.3 is 4.90 Å². The number of sulfonamides is 1. The molecule has 1 N–H and O–H groups in total. The predicted molar refractivity (Wildman–Crippen MR) is 119 cm³/mol. The molecule has 160 valence electrons. The van der Waals surface area contributed by atoms with Crippen LogP contribution >= 0.6 is 0 Å². The minimum atomic E-state index is -3.49. The molecule has 1 aliphatic heterocycles. The molecule has 1 aliphatic carbocycles. The van der Waals surface area contributed by atoms with Crippen molar-refractivity contribution in [2.45, 2.75) is 75.3 Å².